The van der Waals surface area contributed by atoms with Crippen LogP contribution in [0.15, 0.2) is 16.8 Å². The lowest BCUT2D eigenvalue weighted by atomic mass is 9.46. The van der Waals surface area contributed by atoms with Crippen molar-refractivity contribution in [2.75, 3.05) is 6.54 Å². The zero-order valence-corrected chi connectivity index (χ0v) is 20.5. The summed E-state index contributed by atoms with van der Waals surface area (Å²) in [6, 6.07) is 0. The standard InChI is InChI=1S/C28H45N3O/c1-18-7-8-21-19(15-18)11-14-28(30)22(21)12-13-27(2)23(9-10-26(27)28)25(32)17-31-24-6-4-3-5-20(24)16-29/h16,18-19,21-23,26H,3-15,17,29-30H2,1-2H3/t18-,19+,21-,22?,23+,26?,27+,28-/m0/s1. The first kappa shape index (κ1) is 22.6. The predicted octanol–water partition coefficient (Wildman–Crippen LogP) is 5.40. The number of rotatable bonds is 3. The minimum atomic E-state index is -0.0471. The average Bonchev–Trinajstić information content (AvgIpc) is 3.16. The number of allylic oxidation sites excluding steroid dienone is 1. The van der Waals surface area contributed by atoms with Crippen molar-refractivity contribution in [3.63, 3.8) is 0 Å². The van der Waals surface area contributed by atoms with Crippen molar-refractivity contribution >= 4 is 11.5 Å². The lowest BCUT2D eigenvalue weighted by Crippen LogP contribution is -2.65. The molecule has 5 fully saturated rings. The van der Waals surface area contributed by atoms with Crippen LogP contribution < -0.4 is 11.5 Å². The smallest absolute Gasteiger partial charge is 0.157 e. The largest absolute Gasteiger partial charge is 0.404 e. The second-order valence-electron chi connectivity index (χ2n) is 12.5. The molecule has 0 amide bonds. The molecule has 0 radical (unpaired) electrons. The highest BCUT2D eigenvalue weighted by molar-refractivity contribution is 6.01. The van der Waals surface area contributed by atoms with Gasteiger partial charge in [-0.05, 0) is 124 Å². The van der Waals surface area contributed by atoms with Crippen LogP contribution in [0.2, 0.25) is 0 Å². The molecule has 0 spiro atoms. The molecule has 5 saturated carbocycles. The van der Waals surface area contributed by atoms with Gasteiger partial charge in [-0.3, -0.25) is 9.79 Å². The highest BCUT2D eigenvalue weighted by Gasteiger charge is 2.63. The van der Waals surface area contributed by atoms with Crippen molar-refractivity contribution in [3.05, 3.63) is 11.8 Å². The van der Waals surface area contributed by atoms with E-state index in [9.17, 15) is 4.79 Å². The van der Waals surface area contributed by atoms with Gasteiger partial charge in [-0.2, -0.15) is 0 Å². The SMILES string of the molecule is C[C@H]1CC[C@@H]2C3CC[C@@]4(C)C(CC[C@@H]4C(=O)CN=C4CCCCC4=CN)[C@]3(N)CC[C@@H]2C1. The molecule has 4 nitrogen and oxygen atoms in total. The normalized spacial score (nSPS) is 48.8. The summed E-state index contributed by atoms with van der Waals surface area (Å²) >= 11 is 0. The number of Topliss-reactive ketones (excluding diaryl/α,β-unsaturated/α-hetero) is 1. The summed E-state index contributed by atoms with van der Waals surface area (Å²) in [6.07, 6.45) is 17.3. The number of aliphatic imine (C=N–C) groups is 1. The van der Waals surface area contributed by atoms with Crippen molar-refractivity contribution in [3.8, 4) is 0 Å². The lowest BCUT2D eigenvalue weighted by Gasteiger charge is -2.61. The van der Waals surface area contributed by atoms with Gasteiger partial charge in [0.05, 0.1) is 6.54 Å². The number of nitrogens with zero attached hydrogens (tertiary/aromatic N) is 1. The van der Waals surface area contributed by atoms with E-state index in [1.165, 1.54) is 51.4 Å². The van der Waals surface area contributed by atoms with Gasteiger partial charge in [-0.25, -0.2) is 0 Å². The first-order valence-electron chi connectivity index (χ1n) is 13.6. The van der Waals surface area contributed by atoms with Crippen molar-refractivity contribution in [1.29, 1.82) is 0 Å². The van der Waals surface area contributed by atoms with E-state index in [-0.39, 0.29) is 16.9 Å². The predicted molar refractivity (Wildman–Crippen MR) is 131 cm³/mol. The van der Waals surface area contributed by atoms with Gasteiger partial charge < -0.3 is 11.5 Å². The molecule has 0 aromatic rings. The molecule has 0 aliphatic heterocycles. The Hall–Kier alpha value is -1.16. The van der Waals surface area contributed by atoms with Crippen LogP contribution >= 0.6 is 0 Å². The first-order valence-corrected chi connectivity index (χ1v) is 13.6. The van der Waals surface area contributed by atoms with Gasteiger partial charge in [0.25, 0.3) is 0 Å². The number of hydrogen-bond donors (Lipinski definition) is 2. The fourth-order valence-electron chi connectivity index (χ4n) is 9.34. The molecule has 5 rings (SSSR count). The lowest BCUT2D eigenvalue weighted by molar-refractivity contribution is -0.130. The number of ketones is 1. The Balaban J connectivity index is 1.32. The molecule has 0 heterocycles. The third-order valence-electron chi connectivity index (χ3n) is 10.9. The number of carbonyl (C=O) groups excluding carboxylic acids is 1. The molecule has 5 aliphatic rings. The van der Waals surface area contributed by atoms with Crippen LogP contribution in [-0.4, -0.2) is 23.6 Å². The van der Waals surface area contributed by atoms with Gasteiger partial charge in [0.2, 0.25) is 0 Å². The van der Waals surface area contributed by atoms with Gasteiger partial charge in [-0.15, -0.1) is 0 Å². The van der Waals surface area contributed by atoms with Crippen molar-refractivity contribution in [1.82, 2.24) is 0 Å². The molecule has 4 N–H and O–H groups in total. The molecule has 178 valence electrons. The molecule has 4 heteroatoms. The monoisotopic (exact) mass is 439 g/mol. The number of fused-ring (bicyclic) bond motifs is 5. The minimum absolute atomic E-state index is 0.0471. The average molecular weight is 440 g/mol. The molecular formula is C28H45N3O. The molecule has 2 unspecified atom stereocenters. The maximum atomic E-state index is 13.5. The zero-order chi connectivity index (χ0) is 22.5. The van der Waals surface area contributed by atoms with Crippen LogP contribution in [-0.2, 0) is 4.79 Å². The Kier molecular flexibility index (Phi) is 6.05. The summed E-state index contributed by atoms with van der Waals surface area (Å²) in [4.78, 5) is 18.3. The Bertz CT molecular complexity index is 802. The third-order valence-corrected chi connectivity index (χ3v) is 10.9. The van der Waals surface area contributed by atoms with E-state index in [1.807, 2.05) is 0 Å². The minimum Gasteiger partial charge on any atom is -0.404 e. The van der Waals surface area contributed by atoms with Gasteiger partial charge in [0.15, 0.2) is 5.78 Å². The summed E-state index contributed by atoms with van der Waals surface area (Å²) in [5.74, 6) is 4.31. The van der Waals surface area contributed by atoms with Gasteiger partial charge >= 0.3 is 0 Å². The summed E-state index contributed by atoms with van der Waals surface area (Å²) in [6.45, 7) is 5.18. The van der Waals surface area contributed by atoms with Crippen molar-refractivity contribution in [2.45, 2.75) is 103 Å². The molecule has 0 aromatic heterocycles. The van der Waals surface area contributed by atoms with E-state index in [2.05, 4.69) is 13.8 Å². The van der Waals surface area contributed by atoms with E-state index in [0.717, 1.165) is 61.1 Å². The fraction of sp³-hybridized carbons (Fsp3) is 0.857. The van der Waals surface area contributed by atoms with Crippen LogP contribution in [0.25, 0.3) is 0 Å². The summed E-state index contributed by atoms with van der Waals surface area (Å²) in [7, 11) is 0. The van der Waals surface area contributed by atoms with Crippen LogP contribution in [0.5, 0.6) is 0 Å². The van der Waals surface area contributed by atoms with Crippen LogP contribution in [0, 0.1) is 40.9 Å². The summed E-state index contributed by atoms with van der Waals surface area (Å²) in [5, 5.41) is 0. The molecule has 0 saturated heterocycles. The Morgan fingerprint density at radius 1 is 1.09 bits per heavy atom. The quantitative estimate of drug-likeness (QED) is 0.618. The molecular weight excluding hydrogens is 394 g/mol. The maximum Gasteiger partial charge on any atom is 0.157 e. The van der Waals surface area contributed by atoms with E-state index in [0.29, 0.717) is 24.2 Å². The van der Waals surface area contributed by atoms with E-state index >= 15 is 0 Å². The fourth-order valence-corrected chi connectivity index (χ4v) is 9.34. The Labute approximate surface area is 195 Å². The Morgan fingerprint density at radius 3 is 2.72 bits per heavy atom. The van der Waals surface area contributed by atoms with Gasteiger partial charge in [-0.1, -0.05) is 20.3 Å². The van der Waals surface area contributed by atoms with Gasteiger partial charge in [0, 0.05) is 17.2 Å². The number of hydrogen-bond acceptors (Lipinski definition) is 4. The van der Waals surface area contributed by atoms with E-state index in [4.69, 9.17) is 16.5 Å². The molecule has 0 aromatic carbocycles. The van der Waals surface area contributed by atoms with E-state index in [1.54, 1.807) is 6.20 Å². The highest BCUT2D eigenvalue weighted by Crippen LogP contribution is 2.65. The van der Waals surface area contributed by atoms with E-state index < -0.39 is 0 Å². The molecule has 8 atom stereocenters. The van der Waals surface area contributed by atoms with Crippen LogP contribution in [0.4, 0.5) is 0 Å². The Morgan fingerprint density at radius 2 is 1.91 bits per heavy atom. The first-order chi connectivity index (χ1) is 15.4. The highest BCUT2D eigenvalue weighted by atomic mass is 16.1. The number of carbonyl (C=O) groups is 1. The third kappa shape index (κ3) is 3.60. The van der Waals surface area contributed by atoms with Crippen molar-refractivity contribution < 1.29 is 4.79 Å². The van der Waals surface area contributed by atoms with Gasteiger partial charge in [0.1, 0.15) is 0 Å². The summed E-state index contributed by atoms with van der Waals surface area (Å²) in [5.41, 5.74) is 15.5. The topological polar surface area (TPSA) is 81.5 Å². The molecule has 0 bridgehead atoms. The second-order valence-corrected chi connectivity index (χ2v) is 12.5. The second kappa shape index (κ2) is 8.56. The zero-order valence-electron chi connectivity index (χ0n) is 20.5. The van der Waals surface area contributed by atoms with Crippen LogP contribution in [0.3, 0.4) is 0 Å². The molecule has 32 heavy (non-hydrogen) atoms. The number of nitrogens with two attached hydrogens (primary N) is 2. The van der Waals surface area contributed by atoms with Crippen molar-refractivity contribution in [2.24, 2.45) is 57.4 Å². The molecule has 5 aliphatic carbocycles. The maximum absolute atomic E-state index is 13.5. The van der Waals surface area contributed by atoms with Crippen LogP contribution in [0.1, 0.15) is 97.3 Å². The summed E-state index contributed by atoms with van der Waals surface area (Å²) < 4.78 is 0.